The van der Waals surface area contributed by atoms with Crippen LogP contribution in [-0.2, 0) is 13.6 Å². The van der Waals surface area contributed by atoms with Gasteiger partial charge in [-0.15, -0.1) is 11.8 Å². The van der Waals surface area contributed by atoms with E-state index >= 15 is 0 Å². The third-order valence-corrected chi connectivity index (χ3v) is 4.32. The van der Waals surface area contributed by atoms with Gasteiger partial charge in [-0.05, 0) is 34.3 Å². The molecule has 1 aromatic carbocycles. The van der Waals surface area contributed by atoms with Gasteiger partial charge in [0.2, 0.25) is 0 Å². The lowest BCUT2D eigenvalue weighted by atomic mass is 10.2. The molecular formula is C12H14BrN3S. The van der Waals surface area contributed by atoms with Crippen molar-refractivity contribution in [3.63, 3.8) is 0 Å². The molecule has 0 amide bonds. The molecule has 1 heterocycles. The van der Waals surface area contributed by atoms with Crippen LogP contribution in [0.15, 0.2) is 33.8 Å². The van der Waals surface area contributed by atoms with Crippen molar-refractivity contribution in [2.45, 2.75) is 11.4 Å². The van der Waals surface area contributed by atoms with Gasteiger partial charge in [0.1, 0.15) is 16.1 Å². The topological polar surface area (TPSA) is 43.8 Å². The van der Waals surface area contributed by atoms with Crippen LogP contribution in [0.4, 0.5) is 0 Å². The Morgan fingerprint density at radius 2 is 2.00 bits per heavy atom. The van der Waals surface area contributed by atoms with E-state index in [4.69, 9.17) is 5.73 Å². The minimum Gasteiger partial charge on any atom is -0.324 e. The summed E-state index contributed by atoms with van der Waals surface area (Å²) < 4.78 is 2.94. The average molecular weight is 312 g/mol. The molecule has 0 aliphatic rings. The first-order chi connectivity index (χ1) is 8.17. The fourth-order valence-corrected chi connectivity index (χ4v) is 2.57. The molecule has 3 nitrogen and oxygen atoms in total. The Balaban J connectivity index is 2.45. The number of hydrogen-bond donors (Lipinski definition) is 1. The fourth-order valence-electron chi connectivity index (χ4n) is 1.64. The molecule has 0 unspecified atom stereocenters. The highest BCUT2D eigenvalue weighted by Crippen LogP contribution is 2.29. The smallest absolute Gasteiger partial charge is 0.123 e. The molecule has 0 aliphatic heterocycles. The molecule has 1 aromatic heterocycles. The van der Waals surface area contributed by atoms with Crippen molar-refractivity contribution in [1.29, 1.82) is 0 Å². The first-order valence-electron chi connectivity index (χ1n) is 5.23. The Hall–Kier alpha value is -0.780. The van der Waals surface area contributed by atoms with E-state index in [-0.39, 0.29) is 0 Å². The maximum Gasteiger partial charge on any atom is 0.123 e. The second kappa shape index (κ2) is 5.25. The molecule has 90 valence electrons. The predicted octanol–water partition coefficient (Wildman–Crippen LogP) is 3.03. The molecule has 0 spiro atoms. The number of nitrogens with zero attached hydrogens (tertiary/aromatic N) is 2. The molecule has 2 N–H and O–H groups in total. The molecule has 0 saturated carbocycles. The van der Waals surface area contributed by atoms with E-state index in [1.165, 1.54) is 4.90 Å². The normalized spacial score (nSPS) is 10.8. The summed E-state index contributed by atoms with van der Waals surface area (Å²) in [6, 6.07) is 8.37. The molecule has 0 aliphatic carbocycles. The van der Waals surface area contributed by atoms with Crippen LogP contribution in [0.1, 0.15) is 5.82 Å². The largest absolute Gasteiger partial charge is 0.324 e. The van der Waals surface area contributed by atoms with Gasteiger partial charge in [-0.25, -0.2) is 4.98 Å². The molecule has 17 heavy (non-hydrogen) atoms. The zero-order valence-corrected chi connectivity index (χ0v) is 12.2. The first-order valence-corrected chi connectivity index (χ1v) is 7.24. The van der Waals surface area contributed by atoms with Gasteiger partial charge in [-0.2, -0.15) is 0 Å². The van der Waals surface area contributed by atoms with Gasteiger partial charge in [-0.3, -0.25) is 0 Å². The maximum absolute atomic E-state index is 5.65. The zero-order chi connectivity index (χ0) is 12.4. The van der Waals surface area contributed by atoms with Gasteiger partial charge in [0.05, 0.1) is 6.54 Å². The van der Waals surface area contributed by atoms with Crippen molar-refractivity contribution in [2.75, 3.05) is 6.26 Å². The van der Waals surface area contributed by atoms with Crippen molar-refractivity contribution < 1.29 is 0 Å². The van der Waals surface area contributed by atoms with Crippen LogP contribution < -0.4 is 5.73 Å². The molecule has 0 saturated heterocycles. The van der Waals surface area contributed by atoms with Crippen molar-refractivity contribution in [2.24, 2.45) is 12.8 Å². The minimum absolute atomic E-state index is 0.442. The Bertz CT molecular complexity index is 519. The summed E-state index contributed by atoms with van der Waals surface area (Å²) in [5.41, 5.74) is 7.70. The minimum atomic E-state index is 0.442. The molecule has 5 heteroatoms. The highest BCUT2D eigenvalue weighted by molar-refractivity contribution is 9.10. The summed E-state index contributed by atoms with van der Waals surface area (Å²) in [6.45, 7) is 0.442. The maximum atomic E-state index is 5.65. The number of hydrogen-bond acceptors (Lipinski definition) is 3. The molecule has 0 radical (unpaired) electrons. The summed E-state index contributed by atoms with van der Waals surface area (Å²) >= 11 is 5.29. The number of benzene rings is 1. The third kappa shape index (κ3) is 2.41. The zero-order valence-electron chi connectivity index (χ0n) is 9.77. The van der Waals surface area contributed by atoms with Gasteiger partial charge >= 0.3 is 0 Å². The summed E-state index contributed by atoms with van der Waals surface area (Å²) in [5.74, 6) is 0.876. The number of nitrogens with two attached hydrogens (primary N) is 1. The van der Waals surface area contributed by atoms with Crippen LogP contribution in [0.5, 0.6) is 0 Å². The standard InChI is InChI=1S/C12H14BrN3S/c1-16-10(7-14)15-11(12(16)13)8-3-5-9(17-2)6-4-8/h3-6H,7,14H2,1-2H3. The van der Waals surface area contributed by atoms with E-state index in [2.05, 4.69) is 51.4 Å². The van der Waals surface area contributed by atoms with E-state index in [9.17, 15) is 0 Å². The van der Waals surface area contributed by atoms with Crippen molar-refractivity contribution in [3.05, 3.63) is 34.7 Å². The number of thioether (sulfide) groups is 1. The van der Waals surface area contributed by atoms with Crippen molar-refractivity contribution in [3.8, 4) is 11.3 Å². The van der Waals surface area contributed by atoms with Crippen LogP contribution in [-0.4, -0.2) is 15.8 Å². The van der Waals surface area contributed by atoms with E-state index < -0.39 is 0 Å². The van der Waals surface area contributed by atoms with Gasteiger partial charge < -0.3 is 10.3 Å². The Morgan fingerprint density at radius 3 is 2.47 bits per heavy atom. The number of aromatic nitrogens is 2. The lowest BCUT2D eigenvalue weighted by molar-refractivity contribution is 0.781. The highest BCUT2D eigenvalue weighted by atomic mass is 79.9. The van der Waals surface area contributed by atoms with Crippen LogP contribution in [0.25, 0.3) is 11.3 Å². The third-order valence-electron chi connectivity index (χ3n) is 2.66. The average Bonchev–Trinajstić information content (AvgIpc) is 2.66. The van der Waals surface area contributed by atoms with Crippen LogP contribution in [0.3, 0.4) is 0 Å². The predicted molar refractivity (Wildman–Crippen MR) is 76.0 cm³/mol. The van der Waals surface area contributed by atoms with Gasteiger partial charge in [-0.1, -0.05) is 12.1 Å². The Kier molecular flexibility index (Phi) is 3.91. The number of halogens is 1. The van der Waals surface area contributed by atoms with Crippen molar-refractivity contribution in [1.82, 2.24) is 9.55 Å². The fraction of sp³-hybridized carbons (Fsp3) is 0.250. The molecular weight excluding hydrogens is 298 g/mol. The summed E-state index contributed by atoms with van der Waals surface area (Å²) in [4.78, 5) is 5.79. The summed E-state index contributed by atoms with van der Waals surface area (Å²) in [5, 5.41) is 0. The van der Waals surface area contributed by atoms with E-state index in [1.807, 2.05) is 11.6 Å². The first kappa shape index (κ1) is 12.7. The molecule has 0 atom stereocenters. The molecule has 2 rings (SSSR count). The van der Waals surface area contributed by atoms with E-state index in [0.29, 0.717) is 6.54 Å². The highest BCUT2D eigenvalue weighted by Gasteiger charge is 2.12. The lowest BCUT2D eigenvalue weighted by Gasteiger charge is -2.00. The van der Waals surface area contributed by atoms with Gasteiger partial charge in [0.25, 0.3) is 0 Å². The molecule has 0 fully saturated rings. The van der Waals surface area contributed by atoms with Crippen LogP contribution in [0, 0.1) is 0 Å². The number of rotatable bonds is 3. The van der Waals surface area contributed by atoms with E-state index in [0.717, 1.165) is 21.7 Å². The van der Waals surface area contributed by atoms with Crippen LogP contribution >= 0.6 is 27.7 Å². The van der Waals surface area contributed by atoms with E-state index in [1.54, 1.807) is 11.8 Å². The van der Waals surface area contributed by atoms with Crippen molar-refractivity contribution >= 4 is 27.7 Å². The quantitative estimate of drug-likeness (QED) is 0.886. The summed E-state index contributed by atoms with van der Waals surface area (Å²) in [7, 11) is 1.96. The van der Waals surface area contributed by atoms with Crippen LogP contribution in [0.2, 0.25) is 0 Å². The Morgan fingerprint density at radius 1 is 1.35 bits per heavy atom. The monoisotopic (exact) mass is 311 g/mol. The molecule has 2 aromatic rings. The van der Waals surface area contributed by atoms with Gasteiger partial charge in [0, 0.05) is 17.5 Å². The number of imidazole rings is 1. The Labute approximate surface area is 114 Å². The summed E-state index contributed by atoms with van der Waals surface area (Å²) in [6.07, 6.45) is 2.07. The second-order valence-corrected chi connectivity index (χ2v) is 5.29. The van der Waals surface area contributed by atoms with Gasteiger partial charge in [0.15, 0.2) is 0 Å². The second-order valence-electron chi connectivity index (χ2n) is 3.66. The lowest BCUT2D eigenvalue weighted by Crippen LogP contribution is -2.04. The SMILES string of the molecule is CSc1ccc(-c2nc(CN)n(C)c2Br)cc1. The molecule has 0 bridgehead atoms.